The Balaban J connectivity index is 2.80. The third-order valence-corrected chi connectivity index (χ3v) is 4.02. The summed E-state index contributed by atoms with van der Waals surface area (Å²) in [7, 11) is 0. The van der Waals surface area contributed by atoms with Crippen LogP contribution in [-0.4, -0.2) is 27.8 Å². The van der Waals surface area contributed by atoms with E-state index < -0.39 is 5.54 Å². The molecule has 114 valence electrons. The van der Waals surface area contributed by atoms with E-state index >= 15 is 0 Å². The molecule has 1 aromatic heterocycles. The normalized spacial score (nSPS) is 14.2. The predicted octanol–water partition coefficient (Wildman–Crippen LogP) is 1.70. The smallest absolute Gasteiger partial charge is 0.237 e. The molecule has 1 unspecified atom stereocenters. The van der Waals surface area contributed by atoms with E-state index in [2.05, 4.69) is 31.2 Å². The zero-order chi connectivity index (χ0) is 15.3. The summed E-state index contributed by atoms with van der Waals surface area (Å²) in [6, 6.07) is 0. The number of aromatic nitrogens is 2. The Labute approximate surface area is 121 Å². The van der Waals surface area contributed by atoms with Crippen molar-refractivity contribution in [3.63, 3.8) is 0 Å². The van der Waals surface area contributed by atoms with Gasteiger partial charge in [-0.2, -0.15) is 5.10 Å². The molecule has 1 heterocycles. The van der Waals surface area contributed by atoms with Gasteiger partial charge in [0.1, 0.15) is 0 Å². The van der Waals surface area contributed by atoms with Gasteiger partial charge in [0.25, 0.3) is 0 Å². The fraction of sp³-hybridized carbons (Fsp3) is 0.733. The van der Waals surface area contributed by atoms with Crippen LogP contribution in [0.4, 0.5) is 0 Å². The van der Waals surface area contributed by atoms with Gasteiger partial charge in [-0.25, -0.2) is 0 Å². The van der Waals surface area contributed by atoms with Crippen LogP contribution in [0, 0.1) is 13.8 Å². The molecule has 1 aromatic rings. The number of carbonyl (C=O) groups excluding carboxylic acids is 1. The first-order valence-electron chi connectivity index (χ1n) is 7.43. The largest absolute Gasteiger partial charge is 0.368 e. The van der Waals surface area contributed by atoms with E-state index in [1.165, 1.54) is 11.3 Å². The number of hydrogen-bond acceptors (Lipinski definition) is 3. The maximum Gasteiger partial charge on any atom is 0.237 e. The van der Waals surface area contributed by atoms with Crippen LogP contribution in [0.2, 0.25) is 0 Å². The fourth-order valence-electron chi connectivity index (χ4n) is 2.49. The lowest BCUT2D eigenvalue weighted by molar-refractivity contribution is -0.124. The molecule has 1 amide bonds. The van der Waals surface area contributed by atoms with Crippen LogP contribution in [0.1, 0.15) is 50.6 Å². The third-order valence-electron chi connectivity index (χ3n) is 4.02. The van der Waals surface area contributed by atoms with Crippen molar-refractivity contribution >= 4 is 5.91 Å². The van der Waals surface area contributed by atoms with Crippen molar-refractivity contribution in [2.24, 2.45) is 5.73 Å². The van der Waals surface area contributed by atoms with Crippen LogP contribution < -0.4 is 11.1 Å². The maximum atomic E-state index is 11.7. The second-order valence-electron chi connectivity index (χ2n) is 5.60. The number of nitrogens with one attached hydrogen (secondary N) is 1. The quantitative estimate of drug-likeness (QED) is 0.761. The van der Waals surface area contributed by atoms with Crippen LogP contribution >= 0.6 is 0 Å². The minimum absolute atomic E-state index is 0.303. The van der Waals surface area contributed by atoms with Crippen molar-refractivity contribution in [2.45, 2.75) is 66.0 Å². The highest BCUT2D eigenvalue weighted by Gasteiger charge is 2.30. The monoisotopic (exact) mass is 280 g/mol. The first-order chi connectivity index (χ1) is 9.35. The van der Waals surface area contributed by atoms with Gasteiger partial charge in [-0.1, -0.05) is 13.8 Å². The van der Waals surface area contributed by atoms with Gasteiger partial charge in [0.2, 0.25) is 5.91 Å². The van der Waals surface area contributed by atoms with Gasteiger partial charge in [0.05, 0.1) is 11.2 Å². The maximum absolute atomic E-state index is 11.7. The molecule has 20 heavy (non-hydrogen) atoms. The van der Waals surface area contributed by atoms with Crippen molar-refractivity contribution in [1.82, 2.24) is 15.1 Å². The molecule has 0 aliphatic carbocycles. The molecule has 0 aliphatic rings. The van der Waals surface area contributed by atoms with Gasteiger partial charge in [0.15, 0.2) is 0 Å². The number of amides is 1. The SMILES string of the molecule is CCCNC(C)(CCn1nc(C)c(CC)c1C)C(N)=O. The number of nitrogens with zero attached hydrogens (tertiary/aromatic N) is 2. The zero-order valence-electron chi connectivity index (χ0n) is 13.4. The third kappa shape index (κ3) is 3.60. The summed E-state index contributed by atoms with van der Waals surface area (Å²) < 4.78 is 1.99. The highest BCUT2D eigenvalue weighted by atomic mass is 16.1. The van der Waals surface area contributed by atoms with Crippen LogP contribution in [-0.2, 0) is 17.8 Å². The lowest BCUT2D eigenvalue weighted by Crippen LogP contribution is -2.53. The molecule has 0 fully saturated rings. The summed E-state index contributed by atoms with van der Waals surface area (Å²) in [5.74, 6) is -0.303. The number of aryl methyl sites for hydroxylation is 2. The van der Waals surface area contributed by atoms with Crippen LogP contribution in [0.15, 0.2) is 0 Å². The topological polar surface area (TPSA) is 72.9 Å². The summed E-state index contributed by atoms with van der Waals surface area (Å²) in [6.07, 6.45) is 2.61. The summed E-state index contributed by atoms with van der Waals surface area (Å²) in [5, 5.41) is 7.82. The predicted molar refractivity (Wildman–Crippen MR) is 81.6 cm³/mol. The highest BCUT2D eigenvalue weighted by molar-refractivity contribution is 5.84. The summed E-state index contributed by atoms with van der Waals surface area (Å²) in [4.78, 5) is 11.7. The number of primary amides is 1. The van der Waals surface area contributed by atoms with Crippen molar-refractivity contribution in [3.8, 4) is 0 Å². The van der Waals surface area contributed by atoms with E-state index in [0.29, 0.717) is 13.0 Å². The Hall–Kier alpha value is -1.36. The molecule has 0 aliphatic heterocycles. The van der Waals surface area contributed by atoms with E-state index in [4.69, 9.17) is 5.73 Å². The van der Waals surface area contributed by atoms with Crippen molar-refractivity contribution in [3.05, 3.63) is 17.0 Å². The van der Waals surface area contributed by atoms with E-state index in [0.717, 1.165) is 25.1 Å². The molecule has 5 nitrogen and oxygen atoms in total. The second kappa shape index (κ2) is 6.88. The van der Waals surface area contributed by atoms with Crippen molar-refractivity contribution in [1.29, 1.82) is 0 Å². The standard InChI is InChI=1S/C15H28N4O/c1-6-9-17-15(5,14(16)20)8-10-19-12(4)13(7-2)11(3)18-19/h17H,6-10H2,1-5H3,(H2,16,20). The van der Waals surface area contributed by atoms with E-state index in [9.17, 15) is 4.79 Å². The molecule has 0 bridgehead atoms. The molecular formula is C15H28N4O. The molecule has 1 rings (SSSR count). The Morgan fingerprint density at radius 2 is 2.05 bits per heavy atom. The van der Waals surface area contributed by atoms with Crippen LogP contribution in [0.5, 0.6) is 0 Å². The molecule has 0 saturated carbocycles. The molecule has 0 radical (unpaired) electrons. The van der Waals surface area contributed by atoms with Crippen molar-refractivity contribution < 1.29 is 4.79 Å². The van der Waals surface area contributed by atoms with Gasteiger partial charge in [-0.05, 0) is 52.1 Å². The summed E-state index contributed by atoms with van der Waals surface area (Å²) in [6.45, 7) is 11.7. The van der Waals surface area contributed by atoms with Gasteiger partial charge in [-0.15, -0.1) is 0 Å². The lowest BCUT2D eigenvalue weighted by Gasteiger charge is -2.27. The van der Waals surface area contributed by atoms with Gasteiger partial charge >= 0.3 is 0 Å². The Morgan fingerprint density at radius 3 is 2.50 bits per heavy atom. The van der Waals surface area contributed by atoms with Gasteiger partial charge in [0, 0.05) is 12.2 Å². The van der Waals surface area contributed by atoms with Gasteiger partial charge < -0.3 is 11.1 Å². The number of rotatable bonds is 8. The molecule has 0 aromatic carbocycles. The van der Waals surface area contributed by atoms with Crippen LogP contribution in [0.3, 0.4) is 0 Å². The number of carbonyl (C=O) groups is 1. The molecule has 0 spiro atoms. The molecule has 0 saturated heterocycles. The second-order valence-corrected chi connectivity index (χ2v) is 5.60. The Kier molecular flexibility index (Phi) is 5.74. The molecule has 3 N–H and O–H groups in total. The zero-order valence-corrected chi connectivity index (χ0v) is 13.4. The molecular weight excluding hydrogens is 252 g/mol. The molecule has 5 heteroatoms. The first-order valence-corrected chi connectivity index (χ1v) is 7.43. The lowest BCUT2D eigenvalue weighted by atomic mass is 9.96. The number of hydrogen-bond donors (Lipinski definition) is 2. The number of nitrogens with two attached hydrogens (primary N) is 1. The Bertz CT molecular complexity index is 467. The minimum Gasteiger partial charge on any atom is -0.368 e. The molecule has 1 atom stereocenters. The van der Waals surface area contributed by atoms with Crippen LogP contribution in [0.25, 0.3) is 0 Å². The summed E-state index contributed by atoms with van der Waals surface area (Å²) >= 11 is 0. The first kappa shape index (κ1) is 16.7. The Morgan fingerprint density at radius 1 is 1.40 bits per heavy atom. The fourth-order valence-corrected chi connectivity index (χ4v) is 2.49. The van der Waals surface area contributed by atoms with Gasteiger partial charge in [-0.3, -0.25) is 9.48 Å². The van der Waals surface area contributed by atoms with E-state index in [1.807, 2.05) is 18.5 Å². The van der Waals surface area contributed by atoms with E-state index in [-0.39, 0.29) is 5.91 Å². The minimum atomic E-state index is -0.672. The average Bonchev–Trinajstić information content (AvgIpc) is 2.68. The highest BCUT2D eigenvalue weighted by Crippen LogP contribution is 2.16. The van der Waals surface area contributed by atoms with E-state index in [1.54, 1.807) is 0 Å². The average molecular weight is 280 g/mol. The van der Waals surface area contributed by atoms with Crippen molar-refractivity contribution in [2.75, 3.05) is 6.54 Å². The summed E-state index contributed by atoms with van der Waals surface area (Å²) in [5.41, 5.74) is 8.43.